The first-order valence-corrected chi connectivity index (χ1v) is 11.6. The van der Waals surface area contributed by atoms with Gasteiger partial charge in [0.15, 0.2) is 11.0 Å². The van der Waals surface area contributed by atoms with Crippen LogP contribution in [0.25, 0.3) is 0 Å². The topological polar surface area (TPSA) is 95.3 Å². The fourth-order valence-electron chi connectivity index (χ4n) is 2.74. The van der Waals surface area contributed by atoms with Crippen molar-refractivity contribution in [2.45, 2.75) is 32.2 Å². The second-order valence-corrected chi connectivity index (χ2v) is 8.63. The van der Waals surface area contributed by atoms with E-state index in [1.54, 1.807) is 17.5 Å². The average Bonchev–Trinajstić information content (AvgIpc) is 3.37. The van der Waals surface area contributed by atoms with Gasteiger partial charge in [-0.25, -0.2) is 4.79 Å². The molecule has 0 aliphatic carbocycles. The molecule has 2 aromatic heterocycles. The van der Waals surface area contributed by atoms with E-state index in [0.717, 1.165) is 11.3 Å². The van der Waals surface area contributed by atoms with Crippen LogP contribution in [0.2, 0.25) is 5.02 Å². The Labute approximate surface area is 192 Å². The van der Waals surface area contributed by atoms with E-state index in [9.17, 15) is 9.59 Å². The molecule has 0 aliphatic heterocycles. The number of hydrogen-bond donors (Lipinski definition) is 1. The number of thiophene rings is 1. The molecule has 0 unspecified atom stereocenters. The Balaban J connectivity index is 1.60. The molecule has 1 amide bonds. The van der Waals surface area contributed by atoms with Crippen LogP contribution in [-0.2, 0) is 22.7 Å². The number of esters is 1. The lowest BCUT2D eigenvalue weighted by atomic mass is 10.2. The molecule has 1 aromatic carbocycles. The maximum atomic E-state index is 12.4. The molecule has 0 bridgehead atoms. The molecule has 0 radical (unpaired) electrons. The van der Waals surface area contributed by atoms with Gasteiger partial charge in [0.1, 0.15) is 17.4 Å². The van der Waals surface area contributed by atoms with Crippen LogP contribution < -0.4 is 10.1 Å². The van der Waals surface area contributed by atoms with Gasteiger partial charge in [-0.05, 0) is 49.1 Å². The quantitative estimate of drug-likeness (QED) is 0.357. The summed E-state index contributed by atoms with van der Waals surface area (Å²) in [5.74, 6) is 0.758. The van der Waals surface area contributed by atoms with Crippen LogP contribution >= 0.6 is 34.7 Å². The standard InChI is InChI=1S/C20H21ClN4O4S2/c1-4-25-16(10-29-15-6-5-13(21)9-12(15)2)23-24-20(25)31-11-17(26)22-18-14(7-8-30-18)19(27)28-3/h5-9H,4,10-11H2,1-3H3,(H,22,26). The Morgan fingerprint density at radius 1 is 1.29 bits per heavy atom. The molecule has 164 valence electrons. The van der Waals surface area contributed by atoms with Crippen molar-refractivity contribution >= 4 is 51.6 Å². The lowest BCUT2D eigenvalue weighted by Crippen LogP contribution is -2.16. The first-order valence-electron chi connectivity index (χ1n) is 9.32. The molecule has 0 saturated carbocycles. The highest BCUT2D eigenvalue weighted by Gasteiger charge is 2.17. The number of amides is 1. The fraction of sp³-hybridized carbons (Fsp3) is 0.300. The van der Waals surface area contributed by atoms with Gasteiger partial charge in [0.05, 0.1) is 18.4 Å². The van der Waals surface area contributed by atoms with Crippen LogP contribution in [0.1, 0.15) is 28.7 Å². The Morgan fingerprint density at radius 3 is 2.81 bits per heavy atom. The molecule has 0 spiro atoms. The highest BCUT2D eigenvalue weighted by molar-refractivity contribution is 7.99. The van der Waals surface area contributed by atoms with Crippen molar-refractivity contribution in [2.75, 3.05) is 18.2 Å². The van der Waals surface area contributed by atoms with E-state index in [-0.39, 0.29) is 18.3 Å². The zero-order valence-corrected chi connectivity index (χ0v) is 19.6. The van der Waals surface area contributed by atoms with Gasteiger partial charge in [-0.2, -0.15) is 0 Å². The van der Waals surface area contributed by atoms with Crippen molar-refractivity contribution in [1.29, 1.82) is 0 Å². The van der Waals surface area contributed by atoms with E-state index in [1.807, 2.05) is 30.5 Å². The van der Waals surface area contributed by atoms with Crippen LogP contribution in [0.4, 0.5) is 5.00 Å². The van der Waals surface area contributed by atoms with Gasteiger partial charge in [-0.1, -0.05) is 23.4 Å². The molecular formula is C20H21ClN4O4S2. The number of nitrogens with one attached hydrogen (secondary N) is 1. The van der Waals surface area contributed by atoms with E-state index in [2.05, 4.69) is 15.5 Å². The third kappa shape index (κ3) is 5.78. The summed E-state index contributed by atoms with van der Waals surface area (Å²) < 4.78 is 12.5. The van der Waals surface area contributed by atoms with Gasteiger partial charge >= 0.3 is 5.97 Å². The second kappa shape index (κ2) is 10.7. The van der Waals surface area contributed by atoms with Crippen molar-refractivity contribution in [3.63, 3.8) is 0 Å². The lowest BCUT2D eigenvalue weighted by molar-refractivity contribution is -0.113. The number of aromatic nitrogens is 3. The second-order valence-electron chi connectivity index (χ2n) is 6.33. The molecule has 1 N–H and O–H groups in total. The molecule has 0 fully saturated rings. The van der Waals surface area contributed by atoms with Crippen molar-refractivity contribution in [3.8, 4) is 5.75 Å². The minimum absolute atomic E-state index is 0.119. The molecular weight excluding hydrogens is 460 g/mol. The van der Waals surface area contributed by atoms with Gasteiger partial charge in [0.25, 0.3) is 0 Å². The number of rotatable bonds is 9. The highest BCUT2D eigenvalue weighted by atomic mass is 35.5. The third-order valence-corrected chi connectivity index (χ3v) is 6.29. The Bertz CT molecular complexity index is 1080. The summed E-state index contributed by atoms with van der Waals surface area (Å²) in [4.78, 5) is 24.1. The maximum Gasteiger partial charge on any atom is 0.340 e. The number of halogens is 1. The van der Waals surface area contributed by atoms with Crippen LogP contribution in [0.5, 0.6) is 5.75 Å². The zero-order chi connectivity index (χ0) is 22.4. The number of thioether (sulfide) groups is 1. The minimum Gasteiger partial charge on any atom is -0.485 e. The minimum atomic E-state index is -0.490. The number of methoxy groups -OCH3 is 1. The highest BCUT2D eigenvalue weighted by Crippen LogP contribution is 2.26. The average molecular weight is 481 g/mol. The summed E-state index contributed by atoms with van der Waals surface area (Å²) in [5, 5.41) is 14.6. The molecule has 31 heavy (non-hydrogen) atoms. The van der Waals surface area contributed by atoms with E-state index < -0.39 is 5.97 Å². The summed E-state index contributed by atoms with van der Waals surface area (Å²) >= 11 is 8.51. The first kappa shape index (κ1) is 23.1. The van der Waals surface area contributed by atoms with Gasteiger partial charge in [0.2, 0.25) is 5.91 Å². The Hall–Kier alpha value is -2.56. The van der Waals surface area contributed by atoms with Crippen molar-refractivity contribution < 1.29 is 19.1 Å². The molecule has 0 saturated heterocycles. The number of anilines is 1. The van der Waals surface area contributed by atoms with Crippen LogP contribution in [0.15, 0.2) is 34.8 Å². The lowest BCUT2D eigenvalue weighted by Gasteiger charge is -2.11. The van der Waals surface area contributed by atoms with E-state index >= 15 is 0 Å². The molecule has 3 aromatic rings. The first-order chi connectivity index (χ1) is 14.9. The van der Waals surface area contributed by atoms with Crippen molar-refractivity contribution in [3.05, 3.63) is 51.6 Å². The monoisotopic (exact) mass is 480 g/mol. The fourth-order valence-corrected chi connectivity index (χ4v) is 4.58. The normalized spacial score (nSPS) is 10.7. The van der Waals surface area contributed by atoms with Gasteiger partial charge < -0.3 is 19.4 Å². The van der Waals surface area contributed by atoms with E-state index in [0.29, 0.717) is 33.1 Å². The smallest absolute Gasteiger partial charge is 0.340 e. The van der Waals surface area contributed by atoms with Gasteiger partial charge in [-0.3, -0.25) is 4.79 Å². The Morgan fingerprint density at radius 2 is 2.10 bits per heavy atom. The molecule has 0 aliphatic rings. The predicted molar refractivity (Wildman–Crippen MR) is 121 cm³/mol. The van der Waals surface area contributed by atoms with Crippen molar-refractivity contribution in [1.82, 2.24) is 14.8 Å². The number of hydrogen-bond acceptors (Lipinski definition) is 8. The number of carbonyl (C=O) groups excluding carboxylic acids is 2. The van der Waals surface area contributed by atoms with Crippen LogP contribution in [0, 0.1) is 6.92 Å². The Kier molecular flexibility index (Phi) is 7.94. The van der Waals surface area contributed by atoms with E-state index in [1.165, 1.54) is 30.2 Å². The zero-order valence-electron chi connectivity index (χ0n) is 17.2. The van der Waals surface area contributed by atoms with Crippen molar-refractivity contribution in [2.24, 2.45) is 0 Å². The summed E-state index contributed by atoms with van der Waals surface area (Å²) in [7, 11) is 1.30. The molecule has 11 heteroatoms. The number of benzene rings is 1. The molecule has 8 nitrogen and oxygen atoms in total. The SMILES string of the molecule is CCn1c(COc2ccc(Cl)cc2C)nnc1SCC(=O)Nc1sccc1C(=O)OC. The van der Waals surface area contributed by atoms with Gasteiger partial charge in [-0.15, -0.1) is 21.5 Å². The van der Waals surface area contributed by atoms with Gasteiger partial charge in [0, 0.05) is 11.6 Å². The summed E-state index contributed by atoms with van der Waals surface area (Å²) in [5.41, 5.74) is 1.26. The molecule has 0 atom stereocenters. The van der Waals surface area contributed by atoms with E-state index in [4.69, 9.17) is 21.1 Å². The summed E-state index contributed by atoms with van der Waals surface area (Å²) in [6.45, 7) is 4.77. The number of carbonyl (C=O) groups is 2. The molecule has 3 rings (SSSR count). The largest absolute Gasteiger partial charge is 0.485 e. The summed E-state index contributed by atoms with van der Waals surface area (Å²) in [6.07, 6.45) is 0. The van der Waals surface area contributed by atoms with Crippen LogP contribution in [-0.4, -0.2) is 39.5 Å². The summed E-state index contributed by atoms with van der Waals surface area (Å²) in [6, 6.07) is 7.03. The number of ether oxygens (including phenoxy) is 2. The third-order valence-electron chi connectivity index (χ3n) is 4.26. The predicted octanol–water partition coefficient (Wildman–Crippen LogP) is 4.42. The van der Waals surface area contributed by atoms with Crippen LogP contribution in [0.3, 0.4) is 0 Å². The number of aryl methyl sites for hydroxylation is 1. The maximum absolute atomic E-state index is 12.4. The number of nitrogens with zero attached hydrogens (tertiary/aromatic N) is 3. The molecule has 2 heterocycles.